The predicted molar refractivity (Wildman–Crippen MR) is 332 cm³/mol. The van der Waals surface area contributed by atoms with Gasteiger partial charge in [-0.25, -0.2) is 8.78 Å². The normalized spacial score (nSPS) is 14.9. The van der Waals surface area contributed by atoms with Crippen LogP contribution in [0.2, 0.25) is 0 Å². The zero-order chi connectivity index (χ0) is 70.9. The molecule has 4 heteroatoms. The molecule has 0 aliphatic heterocycles. The van der Waals surface area contributed by atoms with Crippen molar-refractivity contribution < 1.29 is 36.2 Å². The minimum atomic E-state index is -1.13. The lowest BCUT2D eigenvalue weighted by atomic mass is 9.91. The number of halogens is 2. The fourth-order valence-electron chi connectivity index (χ4n) is 10.6. The predicted octanol–water partition coefficient (Wildman–Crippen LogP) is 21.8. The summed E-state index contributed by atoms with van der Waals surface area (Å²) in [6.45, 7) is 0. The average molecular weight is 1050 g/mol. The van der Waals surface area contributed by atoms with Gasteiger partial charge in [-0.05, 0) is 138 Å². The SMILES string of the molecule is [2H]c1c([2H])c([2H])c(-c2cc(-c3c([2H])c([2H])c([2H])c([2H])c3[2H])c(F)c(N(c3ccc(-c4ccccc4)cc3)c3ccc4ccc5c(N(c6ccc(-c7ccccc7)cc6)c6cc(-c7c([2H])c([2H])c([2H])c([2H])c7[2H])cc(-c7c([2H])c([2H])c([2H])c([2H])c7[2H])c6F)ccc6ccc3c4c65)c2)c([2H])c1[2H]. The molecule has 0 atom stereocenters. The lowest BCUT2D eigenvalue weighted by molar-refractivity contribution is 0.632. The van der Waals surface area contributed by atoms with E-state index in [-0.39, 0.29) is 45.0 Å². The fourth-order valence-corrected chi connectivity index (χ4v) is 10.6. The van der Waals surface area contributed by atoms with Gasteiger partial charge in [-0.1, -0.05) is 242 Å². The highest BCUT2D eigenvalue weighted by Crippen LogP contribution is 2.51. The first-order valence-corrected chi connectivity index (χ1v) is 25.4. The third kappa shape index (κ3) is 8.70. The fraction of sp³-hybridized carbons (Fsp3) is 0. The Morgan fingerprint density at radius 2 is 0.588 bits per heavy atom. The van der Waals surface area contributed by atoms with Crippen LogP contribution < -0.4 is 9.80 Å². The maximum atomic E-state index is 19.0. The summed E-state index contributed by atoms with van der Waals surface area (Å²) in [5.41, 5.74) is 0.309. The Morgan fingerprint density at radius 3 is 0.950 bits per heavy atom. The molecule has 0 unspecified atom stereocenters. The van der Waals surface area contributed by atoms with Gasteiger partial charge >= 0.3 is 0 Å². The number of nitrogens with zero attached hydrogens (tertiary/aromatic N) is 2. The number of anilines is 6. The highest BCUT2D eigenvalue weighted by Gasteiger charge is 2.27. The number of hydrogen-bond acceptors (Lipinski definition) is 2. The summed E-state index contributed by atoms with van der Waals surface area (Å²) in [7, 11) is 0. The molecule has 0 amide bonds. The van der Waals surface area contributed by atoms with Gasteiger partial charge in [0, 0.05) is 33.3 Å². The van der Waals surface area contributed by atoms with Gasteiger partial charge < -0.3 is 9.80 Å². The first-order valence-electron chi connectivity index (χ1n) is 35.4. The molecule has 0 heterocycles. The smallest absolute Gasteiger partial charge is 0.155 e. The summed E-state index contributed by atoms with van der Waals surface area (Å²) in [4.78, 5) is 3.07. The topological polar surface area (TPSA) is 6.48 Å². The summed E-state index contributed by atoms with van der Waals surface area (Å²) in [5, 5.41) is 3.29. The van der Waals surface area contributed by atoms with Crippen LogP contribution in [0.3, 0.4) is 0 Å². The van der Waals surface area contributed by atoms with E-state index < -0.39 is 155 Å². The van der Waals surface area contributed by atoms with Crippen molar-refractivity contribution >= 4 is 66.4 Å². The van der Waals surface area contributed by atoms with Gasteiger partial charge in [-0.3, -0.25) is 0 Å². The molecule has 0 aliphatic rings. The zero-order valence-corrected chi connectivity index (χ0v) is 42.0. The molecule has 0 aliphatic carbocycles. The lowest BCUT2D eigenvalue weighted by Gasteiger charge is -2.31. The molecule has 0 bridgehead atoms. The van der Waals surface area contributed by atoms with Crippen LogP contribution in [0, 0.1) is 11.6 Å². The third-order valence-electron chi connectivity index (χ3n) is 14.3. The van der Waals surface area contributed by atoms with Crippen molar-refractivity contribution in [1.29, 1.82) is 0 Å². The van der Waals surface area contributed by atoms with Crippen molar-refractivity contribution in [2.75, 3.05) is 9.80 Å². The van der Waals surface area contributed by atoms with Crippen molar-refractivity contribution in [1.82, 2.24) is 0 Å². The van der Waals surface area contributed by atoms with E-state index in [9.17, 15) is 5.48 Å². The van der Waals surface area contributed by atoms with Crippen molar-refractivity contribution in [2.24, 2.45) is 0 Å². The molecule has 0 N–H and O–H groups in total. The van der Waals surface area contributed by atoms with Crippen LogP contribution in [0.25, 0.3) is 99.1 Å². The van der Waals surface area contributed by atoms with Gasteiger partial charge in [-0.15, -0.1) is 0 Å². The molecular weight excluding hydrogens is 979 g/mol. The third-order valence-corrected chi connectivity index (χ3v) is 14.3. The monoisotopic (exact) mass is 1050 g/mol. The summed E-state index contributed by atoms with van der Waals surface area (Å²) in [6, 6.07) is 37.4. The maximum absolute atomic E-state index is 19.0. The van der Waals surface area contributed by atoms with E-state index in [0.717, 1.165) is 34.4 Å². The Hall–Kier alpha value is -10.4. The summed E-state index contributed by atoms with van der Waals surface area (Å²) in [6.07, 6.45) is 0. The molecule has 14 aromatic carbocycles. The summed E-state index contributed by atoms with van der Waals surface area (Å²) >= 11 is 0. The first-order chi connectivity index (χ1) is 47.8. The number of benzene rings is 14. The van der Waals surface area contributed by atoms with Gasteiger partial charge in [0.05, 0.1) is 50.2 Å². The molecule has 0 fully saturated rings. The molecule has 0 saturated carbocycles. The molecule has 0 radical (unpaired) electrons. The quantitative estimate of drug-likeness (QED) is 0.113. The van der Waals surface area contributed by atoms with Crippen molar-refractivity contribution in [3.8, 4) is 66.8 Å². The highest BCUT2D eigenvalue weighted by molar-refractivity contribution is 6.28. The molecule has 2 nitrogen and oxygen atoms in total. The van der Waals surface area contributed by atoms with Crippen LogP contribution in [0.15, 0.2) is 303 Å². The lowest BCUT2D eigenvalue weighted by Crippen LogP contribution is -2.14. The van der Waals surface area contributed by atoms with Crippen LogP contribution in [0.1, 0.15) is 27.4 Å². The molecule has 80 heavy (non-hydrogen) atoms. The van der Waals surface area contributed by atoms with Crippen LogP contribution >= 0.6 is 0 Å². The van der Waals surface area contributed by atoms with Crippen LogP contribution in [-0.4, -0.2) is 0 Å². The van der Waals surface area contributed by atoms with Crippen LogP contribution in [0.4, 0.5) is 42.9 Å². The van der Waals surface area contributed by atoms with Gasteiger partial charge in [0.25, 0.3) is 0 Å². The molecule has 0 aromatic heterocycles. The van der Waals surface area contributed by atoms with E-state index in [4.69, 9.17) is 21.9 Å². The average Bonchev–Trinajstić information content (AvgIpc) is 0.726. The van der Waals surface area contributed by atoms with E-state index in [1.54, 1.807) is 48.5 Å². The Kier molecular flexibility index (Phi) is 7.97. The van der Waals surface area contributed by atoms with Gasteiger partial charge in [0.2, 0.25) is 0 Å². The summed E-state index contributed by atoms with van der Waals surface area (Å²) < 4.78 is 215. The standard InChI is InChI=1S/C76H50F2N2/c77-75-67(57-27-15-5-16-28-57)47-61(53-23-11-3-12-24-53)49-71(75)79(63-39-31-55(32-40-63)51-19-7-1-8-20-51)69-45-37-59-36-44-66-70(46-38-60-35-43-65(69)73(59)74(60)66)80(64-41-33-56(34-42-64)52-21-9-2-10-22-52)72-50-62(54-25-13-4-14-26-54)48-68(76(72)78)58-29-17-6-18-30-58/h1-50H/i3D,4D,5D,6D,11D,12D,13D,14D,15D,16D,17D,18D,23D,24D,25D,26D,27D,28D,29D,30D. The number of rotatable bonds is 12. The van der Waals surface area contributed by atoms with Crippen molar-refractivity contribution in [3.05, 3.63) is 314 Å². The van der Waals surface area contributed by atoms with E-state index in [1.165, 1.54) is 21.9 Å². The minimum Gasteiger partial charge on any atom is -0.307 e. The molecule has 14 rings (SSSR count). The van der Waals surface area contributed by atoms with E-state index in [0.29, 0.717) is 43.7 Å². The Balaban J connectivity index is 1.08. The van der Waals surface area contributed by atoms with Gasteiger partial charge in [0.1, 0.15) is 0 Å². The second kappa shape index (κ2) is 20.5. The molecule has 378 valence electrons. The highest BCUT2D eigenvalue weighted by atomic mass is 19.1. The van der Waals surface area contributed by atoms with Crippen molar-refractivity contribution in [3.63, 3.8) is 0 Å². The molecular formula is C76H50F2N2. The van der Waals surface area contributed by atoms with Crippen LogP contribution in [0.5, 0.6) is 0 Å². The van der Waals surface area contributed by atoms with E-state index >= 15 is 8.78 Å². The molecule has 0 saturated heterocycles. The molecule has 14 aromatic rings. The van der Waals surface area contributed by atoms with Gasteiger partial charge in [-0.2, -0.15) is 0 Å². The second-order valence-corrected chi connectivity index (χ2v) is 18.8. The second-order valence-electron chi connectivity index (χ2n) is 18.8. The Morgan fingerprint density at radius 1 is 0.263 bits per heavy atom. The Labute approximate surface area is 492 Å². The van der Waals surface area contributed by atoms with Crippen LogP contribution in [-0.2, 0) is 0 Å². The minimum absolute atomic E-state index is 0.169. The largest absolute Gasteiger partial charge is 0.307 e. The number of hydrogen-bond donors (Lipinski definition) is 0. The Bertz CT molecular complexity index is 5290. The maximum Gasteiger partial charge on any atom is 0.155 e. The van der Waals surface area contributed by atoms with E-state index in [1.807, 2.05) is 109 Å². The van der Waals surface area contributed by atoms with Crippen molar-refractivity contribution in [2.45, 2.75) is 0 Å². The first kappa shape index (κ1) is 31.1. The van der Waals surface area contributed by atoms with E-state index in [2.05, 4.69) is 0 Å². The molecule has 0 spiro atoms. The van der Waals surface area contributed by atoms with Gasteiger partial charge in [0.15, 0.2) is 11.6 Å². The summed E-state index contributed by atoms with van der Waals surface area (Å²) in [5.74, 6) is -2.25. The zero-order valence-electron chi connectivity index (χ0n) is 62.0.